The van der Waals surface area contributed by atoms with Gasteiger partial charge >= 0.3 is 0 Å². The molecule has 3 aromatic rings. The average molecular weight is 424 g/mol. The van der Waals surface area contributed by atoms with Gasteiger partial charge in [-0.25, -0.2) is 0 Å². The van der Waals surface area contributed by atoms with E-state index in [-0.39, 0.29) is 0 Å². The molecule has 2 aromatic carbocycles. The lowest BCUT2D eigenvalue weighted by Gasteiger charge is -2.31. The second kappa shape index (κ2) is 7.81. The standard InChI is InChI=1S/C23H26BrN3/c1-17-13-22(27-12-11-26-10-4-7-21(26)16-27)14-18(2)23(17)25-9-8-19-5-3-6-20(24)15-19/h3-7,10,13-15,25H,8-9,11-12,16H2,1-2H3. The molecule has 0 atom stereocenters. The molecule has 0 spiro atoms. The lowest BCUT2D eigenvalue weighted by molar-refractivity contribution is 0.572. The summed E-state index contributed by atoms with van der Waals surface area (Å²) in [5.74, 6) is 0. The number of anilines is 2. The van der Waals surface area contributed by atoms with Gasteiger partial charge in [0.2, 0.25) is 0 Å². The fourth-order valence-electron chi connectivity index (χ4n) is 3.96. The highest BCUT2D eigenvalue weighted by atomic mass is 79.9. The summed E-state index contributed by atoms with van der Waals surface area (Å²) >= 11 is 3.55. The number of hydrogen-bond donors (Lipinski definition) is 1. The lowest BCUT2D eigenvalue weighted by Crippen LogP contribution is -2.33. The minimum atomic E-state index is 0.939. The Morgan fingerprint density at radius 2 is 1.81 bits per heavy atom. The third-order valence-corrected chi connectivity index (χ3v) is 5.87. The van der Waals surface area contributed by atoms with Gasteiger partial charge < -0.3 is 14.8 Å². The maximum atomic E-state index is 3.65. The van der Waals surface area contributed by atoms with Gasteiger partial charge in [0.1, 0.15) is 0 Å². The Bertz CT molecular complexity index is 921. The first-order chi connectivity index (χ1) is 13.1. The van der Waals surface area contributed by atoms with Crippen molar-refractivity contribution in [3.05, 3.63) is 81.6 Å². The van der Waals surface area contributed by atoms with Crippen LogP contribution < -0.4 is 10.2 Å². The van der Waals surface area contributed by atoms with Crippen LogP contribution in [0.4, 0.5) is 11.4 Å². The molecule has 1 aliphatic rings. The van der Waals surface area contributed by atoms with Gasteiger partial charge in [-0.15, -0.1) is 0 Å². The van der Waals surface area contributed by atoms with Gasteiger partial charge in [-0.1, -0.05) is 28.1 Å². The maximum absolute atomic E-state index is 3.65. The van der Waals surface area contributed by atoms with E-state index < -0.39 is 0 Å². The monoisotopic (exact) mass is 423 g/mol. The van der Waals surface area contributed by atoms with Gasteiger partial charge in [-0.3, -0.25) is 0 Å². The minimum Gasteiger partial charge on any atom is -0.384 e. The van der Waals surface area contributed by atoms with Crippen LogP contribution in [0, 0.1) is 13.8 Å². The van der Waals surface area contributed by atoms with Crippen LogP contribution in [0.2, 0.25) is 0 Å². The molecule has 3 nitrogen and oxygen atoms in total. The number of fused-ring (bicyclic) bond motifs is 1. The summed E-state index contributed by atoms with van der Waals surface area (Å²) < 4.78 is 3.50. The summed E-state index contributed by atoms with van der Waals surface area (Å²) in [6.45, 7) is 8.48. The Kier molecular flexibility index (Phi) is 5.26. The molecule has 4 rings (SSSR count). The van der Waals surface area contributed by atoms with Crippen molar-refractivity contribution >= 4 is 27.3 Å². The van der Waals surface area contributed by atoms with Crippen LogP contribution in [0.15, 0.2) is 59.2 Å². The molecule has 4 heteroatoms. The third-order valence-electron chi connectivity index (χ3n) is 5.37. The third kappa shape index (κ3) is 4.06. The average Bonchev–Trinajstić information content (AvgIpc) is 3.11. The van der Waals surface area contributed by atoms with Crippen molar-refractivity contribution in [1.29, 1.82) is 0 Å². The fourth-order valence-corrected chi connectivity index (χ4v) is 4.41. The highest BCUT2D eigenvalue weighted by Crippen LogP contribution is 2.29. The van der Waals surface area contributed by atoms with Crippen LogP contribution in [-0.4, -0.2) is 17.7 Å². The molecule has 0 bridgehead atoms. The zero-order valence-electron chi connectivity index (χ0n) is 16.0. The first-order valence-corrected chi connectivity index (χ1v) is 10.4. The molecule has 0 saturated carbocycles. The molecule has 1 aliphatic heterocycles. The van der Waals surface area contributed by atoms with E-state index in [0.29, 0.717) is 0 Å². The van der Waals surface area contributed by atoms with E-state index in [1.54, 1.807) is 0 Å². The van der Waals surface area contributed by atoms with Crippen molar-refractivity contribution in [3.63, 3.8) is 0 Å². The van der Waals surface area contributed by atoms with Crippen LogP contribution in [-0.2, 0) is 19.5 Å². The SMILES string of the molecule is Cc1cc(N2CCn3cccc3C2)cc(C)c1NCCc1cccc(Br)c1. The Morgan fingerprint density at radius 1 is 1.00 bits per heavy atom. The zero-order chi connectivity index (χ0) is 18.8. The molecule has 27 heavy (non-hydrogen) atoms. The van der Waals surface area contributed by atoms with Gasteiger partial charge in [-0.2, -0.15) is 0 Å². The zero-order valence-corrected chi connectivity index (χ0v) is 17.6. The van der Waals surface area contributed by atoms with Gasteiger partial charge in [-0.05, 0) is 73.4 Å². The summed E-state index contributed by atoms with van der Waals surface area (Å²) in [5.41, 5.74) is 7.98. The van der Waals surface area contributed by atoms with Crippen molar-refractivity contribution in [1.82, 2.24) is 4.57 Å². The van der Waals surface area contributed by atoms with Crippen molar-refractivity contribution in [3.8, 4) is 0 Å². The molecule has 1 N–H and O–H groups in total. The van der Waals surface area contributed by atoms with E-state index in [1.807, 2.05) is 0 Å². The smallest absolute Gasteiger partial charge is 0.0582 e. The minimum absolute atomic E-state index is 0.939. The second-order valence-electron chi connectivity index (χ2n) is 7.38. The lowest BCUT2D eigenvalue weighted by atomic mass is 10.1. The molecule has 0 unspecified atom stereocenters. The molecule has 0 saturated heterocycles. The Hall–Kier alpha value is -2.20. The Labute approximate surface area is 170 Å². The van der Waals surface area contributed by atoms with E-state index in [0.717, 1.165) is 37.1 Å². The first-order valence-electron chi connectivity index (χ1n) is 9.59. The highest BCUT2D eigenvalue weighted by molar-refractivity contribution is 9.10. The summed E-state index contributed by atoms with van der Waals surface area (Å²) in [4.78, 5) is 2.49. The number of aryl methyl sites for hydroxylation is 2. The topological polar surface area (TPSA) is 20.2 Å². The van der Waals surface area contributed by atoms with E-state index >= 15 is 0 Å². The molecule has 1 aromatic heterocycles. The van der Waals surface area contributed by atoms with Crippen LogP contribution in [0.3, 0.4) is 0 Å². The van der Waals surface area contributed by atoms with E-state index in [1.165, 1.54) is 33.8 Å². The number of halogens is 1. The number of nitrogens with zero attached hydrogens (tertiary/aromatic N) is 2. The number of rotatable bonds is 5. The largest absolute Gasteiger partial charge is 0.384 e. The summed E-state index contributed by atoms with van der Waals surface area (Å²) in [6, 6.07) is 17.6. The molecule has 0 amide bonds. The Morgan fingerprint density at radius 3 is 2.59 bits per heavy atom. The van der Waals surface area contributed by atoms with Crippen LogP contribution in [0.1, 0.15) is 22.4 Å². The summed E-state index contributed by atoms with van der Waals surface area (Å²) in [6.07, 6.45) is 3.20. The summed E-state index contributed by atoms with van der Waals surface area (Å²) in [7, 11) is 0. The number of benzene rings is 2. The van der Waals surface area contributed by atoms with Gasteiger partial charge in [0.15, 0.2) is 0 Å². The van der Waals surface area contributed by atoms with Crippen LogP contribution in [0.25, 0.3) is 0 Å². The van der Waals surface area contributed by atoms with Gasteiger partial charge in [0.25, 0.3) is 0 Å². The molecular weight excluding hydrogens is 398 g/mol. The normalized spacial score (nSPS) is 13.5. The molecular formula is C23H26BrN3. The van der Waals surface area contributed by atoms with Crippen molar-refractivity contribution in [2.45, 2.75) is 33.4 Å². The Balaban J connectivity index is 1.44. The number of hydrogen-bond acceptors (Lipinski definition) is 2. The molecule has 140 valence electrons. The van der Waals surface area contributed by atoms with E-state index in [9.17, 15) is 0 Å². The number of nitrogens with one attached hydrogen (secondary N) is 1. The predicted octanol–water partition coefficient (Wildman–Crippen LogP) is 5.54. The second-order valence-corrected chi connectivity index (χ2v) is 8.29. The summed E-state index contributed by atoms with van der Waals surface area (Å²) in [5, 5.41) is 3.65. The van der Waals surface area contributed by atoms with E-state index in [4.69, 9.17) is 0 Å². The van der Waals surface area contributed by atoms with Gasteiger partial charge in [0.05, 0.1) is 6.54 Å². The first kappa shape index (κ1) is 18.2. The molecule has 0 fully saturated rings. The van der Waals surface area contributed by atoms with Crippen molar-refractivity contribution < 1.29 is 0 Å². The quantitative estimate of drug-likeness (QED) is 0.580. The van der Waals surface area contributed by atoms with Crippen molar-refractivity contribution in [2.75, 3.05) is 23.3 Å². The molecule has 0 radical (unpaired) electrons. The van der Waals surface area contributed by atoms with E-state index in [2.05, 4.69) is 99.3 Å². The highest BCUT2D eigenvalue weighted by Gasteiger charge is 2.17. The molecule has 0 aliphatic carbocycles. The van der Waals surface area contributed by atoms with Crippen LogP contribution in [0.5, 0.6) is 0 Å². The van der Waals surface area contributed by atoms with Crippen molar-refractivity contribution in [2.24, 2.45) is 0 Å². The molecule has 2 heterocycles. The van der Waals surface area contributed by atoms with Gasteiger partial charge in [0, 0.05) is 47.4 Å². The predicted molar refractivity (Wildman–Crippen MR) is 118 cm³/mol. The number of aromatic nitrogens is 1. The van der Waals surface area contributed by atoms with Crippen LogP contribution >= 0.6 is 15.9 Å². The maximum Gasteiger partial charge on any atom is 0.0582 e. The fraction of sp³-hybridized carbons (Fsp3) is 0.304.